The predicted molar refractivity (Wildman–Crippen MR) is 52.2 cm³/mol. The molecule has 0 saturated carbocycles. The van der Waals surface area contributed by atoms with E-state index in [1.165, 1.54) is 0 Å². The van der Waals surface area contributed by atoms with Crippen molar-refractivity contribution in [3.63, 3.8) is 0 Å². The molecule has 0 radical (unpaired) electrons. The number of rotatable bonds is 4. The molecule has 1 aliphatic heterocycles. The fourth-order valence-electron chi connectivity index (χ4n) is 1.35. The zero-order chi connectivity index (χ0) is 12.1. The molecule has 0 aliphatic carbocycles. The minimum Gasteiger partial charge on any atom is -0.467 e. The first-order valence-electron chi connectivity index (χ1n) is 4.87. The van der Waals surface area contributed by atoms with Crippen LogP contribution in [0.15, 0.2) is 0 Å². The number of carbonyl (C=O) groups is 3. The van der Waals surface area contributed by atoms with Gasteiger partial charge in [-0.1, -0.05) is 0 Å². The van der Waals surface area contributed by atoms with Crippen LogP contribution in [-0.4, -0.2) is 48.7 Å². The second-order valence-corrected chi connectivity index (χ2v) is 3.44. The molecule has 16 heavy (non-hydrogen) atoms. The number of esters is 1. The highest BCUT2D eigenvalue weighted by Gasteiger charge is 2.27. The fraction of sp³-hybridized carbons (Fsp3) is 0.667. The SMILES string of the molecule is COC(=O)C(O)CNC(=O)C1CCC(=O)N1. The lowest BCUT2D eigenvalue weighted by atomic mass is 10.2. The summed E-state index contributed by atoms with van der Waals surface area (Å²) in [5.41, 5.74) is 0. The second kappa shape index (κ2) is 5.45. The molecule has 0 spiro atoms. The lowest BCUT2D eigenvalue weighted by Crippen LogP contribution is -2.45. The quantitative estimate of drug-likeness (QED) is 0.480. The molecule has 1 heterocycles. The van der Waals surface area contributed by atoms with E-state index in [4.69, 9.17) is 0 Å². The van der Waals surface area contributed by atoms with Crippen molar-refractivity contribution >= 4 is 17.8 Å². The van der Waals surface area contributed by atoms with Crippen LogP contribution in [0.4, 0.5) is 0 Å². The molecule has 0 aromatic carbocycles. The van der Waals surface area contributed by atoms with Crippen LogP contribution in [0.25, 0.3) is 0 Å². The molecule has 7 nitrogen and oxygen atoms in total. The summed E-state index contributed by atoms with van der Waals surface area (Å²) in [6.07, 6.45) is -0.637. The maximum atomic E-state index is 11.4. The molecule has 0 aromatic heterocycles. The first-order chi connectivity index (χ1) is 7.54. The van der Waals surface area contributed by atoms with Gasteiger partial charge in [0.15, 0.2) is 6.10 Å². The number of ether oxygens (including phenoxy) is 1. The Morgan fingerprint density at radius 3 is 2.88 bits per heavy atom. The van der Waals surface area contributed by atoms with Crippen LogP contribution in [0.2, 0.25) is 0 Å². The molecule has 2 amide bonds. The summed E-state index contributed by atoms with van der Waals surface area (Å²) in [5, 5.41) is 14.0. The monoisotopic (exact) mass is 230 g/mol. The molecule has 1 rings (SSSR count). The van der Waals surface area contributed by atoms with Crippen LogP contribution in [0, 0.1) is 0 Å². The summed E-state index contributed by atoms with van der Waals surface area (Å²) >= 11 is 0. The smallest absolute Gasteiger partial charge is 0.336 e. The molecular weight excluding hydrogens is 216 g/mol. The second-order valence-electron chi connectivity index (χ2n) is 3.44. The number of aliphatic hydroxyl groups is 1. The van der Waals surface area contributed by atoms with E-state index in [9.17, 15) is 19.5 Å². The maximum absolute atomic E-state index is 11.4. The van der Waals surface area contributed by atoms with Crippen molar-refractivity contribution in [3.05, 3.63) is 0 Å². The van der Waals surface area contributed by atoms with E-state index in [-0.39, 0.29) is 12.5 Å². The Balaban J connectivity index is 2.30. The van der Waals surface area contributed by atoms with Crippen LogP contribution in [0.3, 0.4) is 0 Å². The highest BCUT2D eigenvalue weighted by Crippen LogP contribution is 2.05. The topological polar surface area (TPSA) is 105 Å². The third kappa shape index (κ3) is 3.20. The summed E-state index contributed by atoms with van der Waals surface area (Å²) in [6, 6.07) is -0.572. The number of aliphatic hydroxyl groups excluding tert-OH is 1. The van der Waals surface area contributed by atoms with Crippen LogP contribution in [0.1, 0.15) is 12.8 Å². The molecule has 7 heteroatoms. The van der Waals surface area contributed by atoms with Gasteiger partial charge in [0.05, 0.1) is 13.7 Å². The molecule has 1 fully saturated rings. The van der Waals surface area contributed by atoms with Gasteiger partial charge in [-0.2, -0.15) is 0 Å². The van der Waals surface area contributed by atoms with Gasteiger partial charge in [-0.25, -0.2) is 4.79 Å². The zero-order valence-electron chi connectivity index (χ0n) is 8.86. The highest BCUT2D eigenvalue weighted by molar-refractivity contribution is 5.91. The Hall–Kier alpha value is -1.63. The van der Waals surface area contributed by atoms with Gasteiger partial charge in [-0.3, -0.25) is 9.59 Å². The molecule has 3 N–H and O–H groups in total. The zero-order valence-corrected chi connectivity index (χ0v) is 8.86. The fourth-order valence-corrected chi connectivity index (χ4v) is 1.35. The van der Waals surface area contributed by atoms with Gasteiger partial charge in [-0.15, -0.1) is 0 Å². The van der Waals surface area contributed by atoms with Crippen molar-refractivity contribution in [2.45, 2.75) is 25.0 Å². The van der Waals surface area contributed by atoms with Gasteiger partial charge in [0.25, 0.3) is 0 Å². The summed E-state index contributed by atoms with van der Waals surface area (Å²) in [7, 11) is 1.14. The summed E-state index contributed by atoms with van der Waals surface area (Å²) in [4.78, 5) is 33.1. The molecule has 2 atom stereocenters. The van der Waals surface area contributed by atoms with E-state index >= 15 is 0 Å². The molecule has 1 aliphatic rings. The number of nitrogens with one attached hydrogen (secondary N) is 2. The lowest BCUT2D eigenvalue weighted by Gasteiger charge is -2.13. The standard InChI is InChI=1S/C9H14N2O5/c1-16-9(15)6(12)4-10-8(14)5-2-3-7(13)11-5/h5-6,12H,2-4H2,1H3,(H,10,14)(H,11,13). The largest absolute Gasteiger partial charge is 0.467 e. The molecule has 2 unspecified atom stereocenters. The molecule has 0 aromatic rings. The van der Waals surface area contributed by atoms with Crippen molar-refractivity contribution < 1.29 is 24.2 Å². The van der Waals surface area contributed by atoms with Crippen LogP contribution >= 0.6 is 0 Å². The van der Waals surface area contributed by atoms with Crippen molar-refractivity contribution in [2.24, 2.45) is 0 Å². The van der Waals surface area contributed by atoms with E-state index in [0.717, 1.165) is 7.11 Å². The first-order valence-corrected chi connectivity index (χ1v) is 4.87. The van der Waals surface area contributed by atoms with E-state index in [1.54, 1.807) is 0 Å². The molecule has 90 valence electrons. The Labute approximate surface area is 92.1 Å². The van der Waals surface area contributed by atoms with E-state index in [0.29, 0.717) is 12.8 Å². The van der Waals surface area contributed by atoms with Gasteiger partial charge >= 0.3 is 5.97 Å². The van der Waals surface area contributed by atoms with E-state index < -0.39 is 24.0 Å². The molecule has 1 saturated heterocycles. The van der Waals surface area contributed by atoms with Crippen molar-refractivity contribution in [3.8, 4) is 0 Å². The average molecular weight is 230 g/mol. The van der Waals surface area contributed by atoms with Gasteiger partial charge in [0.2, 0.25) is 11.8 Å². The maximum Gasteiger partial charge on any atom is 0.336 e. The number of methoxy groups -OCH3 is 1. The minimum absolute atomic E-state index is 0.173. The third-order valence-electron chi connectivity index (χ3n) is 2.25. The van der Waals surface area contributed by atoms with Gasteiger partial charge in [0.1, 0.15) is 6.04 Å². The Morgan fingerprint density at radius 1 is 1.69 bits per heavy atom. The highest BCUT2D eigenvalue weighted by atomic mass is 16.5. The van der Waals surface area contributed by atoms with Crippen molar-refractivity contribution in [2.75, 3.05) is 13.7 Å². The van der Waals surface area contributed by atoms with Crippen molar-refractivity contribution in [1.82, 2.24) is 10.6 Å². The molecule has 0 bridgehead atoms. The Bertz CT molecular complexity index is 304. The number of hydrogen-bond acceptors (Lipinski definition) is 5. The predicted octanol–water partition coefficient (Wildman–Crippen LogP) is -2.08. The summed E-state index contributed by atoms with van der Waals surface area (Å²) in [6.45, 7) is -0.224. The number of carbonyl (C=O) groups excluding carboxylic acids is 3. The first kappa shape index (κ1) is 12.4. The summed E-state index contributed by atoms with van der Waals surface area (Å²) in [5.74, 6) is -1.39. The normalized spacial score (nSPS) is 21.1. The van der Waals surface area contributed by atoms with E-state index in [2.05, 4.69) is 15.4 Å². The van der Waals surface area contributed by atoms with Crippen LogP contribution < -0.4 is 10.6 Å². The van der Waals surface area contributed by atoms with Crippen LogP contribution in [-0.2, 0) is 19.1 Å². The van der Waals surface area contributed by atoms with Crippen molar-refractivity contribution in [1.29, 1.82) is 0 Å². The number of amides is 2. The van der Waals surface area contributed by atoms with Crippen LogP contribution in [0.5, 0.6) is 0 Å². The molecular formula is C9H14N2O5. The number of hydrogen-bond donors (Lipinski definition) is 3. The average Bonchev–Trinajstić information content (AvgIpc) is 2.71. The van der Waals surface area contributed by atoms with Gasteiger partial charge < -0.3 is 20.5 Å². The van der Waals surface area contributed by atoms with E-state index in [1.807, 2.05) is 0 Å². The van der Waals surface area contributed by atoms with Gasteiger partial charge in [0, 0.05) is 6.42 Å². The minimum atomic E-state index is -1.38. The Morgan fingerprint density at radius 2 is 2.38 bits per heavy atom. The summed E-state index contributed by atoms with van der Waals surface area (Å²) < 4.78 is 4.28. The lowest BCUT2D eigenvalue weighted by molar-refractivity contribution is -0.150. The van der Waals surface area contributed by atoms with Gasteiger partial charge in [-0.05, 0) is 6.42 Å². The third-order valence-corrected chi connectivity index (χ3v) is 2.25. The Kier molecular flexibility index (Phi) is 4.24.